The van der Waals surface area contributed by atoms with E-state index in [1.807, 2.05) is 0 Å². The third-order valence-corrected chi connectivity index (χ3v) is 5.29. The summed E-state index contributed by atoms with van der Waals surface area (Å²) in [6, 6.07) is 21.1. The average molecular weight is 325 g/mol. The van der Waals surface area contributed by atoms with Gasteiger partial charge in [0, 0.05) is 0 Å². The molecule has 2 rings (SSSR count). The molecule has 0 saturated carbocycles. The van der Waals surface area contributed by atoms with Crippen molar-refractivity contribution in [2.45, 2.75) is 64.4 Å². The van der Waals surface area contributed by atoms with Crippen LogP contribution < -0.4 is 0 Å². The highest BCUT2D eigenvalue weighted by Crippen LogP contribution is 2.32. The molecule has 1 N–H and O–H groups in total. The van der Waals surface area contributed by atoms with Crippen molar-refractivity contribution in [2.75, 3.05) is 0 Å². The monoisotopic (exact) mass is 324 g/mol. The predicted octanol–water partition coefficient (Wildman–Crippen LogP) is 5.81. The van der Waals surface area contributed by atoms with Gasteiger partial charge in [0.15, 0.2) is 0 Å². The summed E-state index contributed by atoms with van der Waals surface area (Å²) in [4.78, 5) is 0. The average Bonchev–Trinajstić information content (AvgIpc) is 2.64. The van der Waals surface area contributed by atoms with E-state index in [2.05, 4.69) is 74.5 Å². The Hall–Kier alpha value is -1.60. The molecule has 0 aliphatic heterocycles. The maximum Gasteiger partial charge on any atom is 0.0679 e. The standard InChI is InChI=1S/C23H32O/c1-3-4-11-20(2)23(24,18-16-21-12-7-5-8-13-21)19-17-22-14-9-6-10-15-22/h5-10,12-15,20,24H,3-4,11,16-19H2,1-2H3. The number of hydrogen-bond donors (Lipinski definition) is 1. The quantitative estimate of drug-likeness (QED) is 0.585. The minimum Gasteiger partial charge on any atom is -0.390 e. The van der Waals surface area contributed by atoms with Gasteiger partial charge in [0.05, 0.1) is 5.60 Å². The first-order valence-corrected chi connectivity index (χ1v) is 9.44. The van der Waals surface area contributed by atoms with Crippen LogP contribution in [0.1, 0.15) is 57.1 Å². The number of benzene rings is 2. The van der Waals surface area contributed by atoms with Gasteiger partial charge in [-0.15, -0.1) is 0 Å². The second-order valence-electron chi connectivity index (χ2n) is 7.12. The van der Waals surface area contributed by atoms with Crippen LogP contribution in [0.2, 0.25) is 0 Å². The number of aliphatic hydroxyl groups is 1. The van der Waals surface area contributed by atoms with Gasteiger partial charge in [0.25, 0.3) is 0 Å². The first-order valence-electron chi connectivity index (χ1n) is 9.44. The molecule has 130 valence electrons. The highest BCUT2D eigenvalue weighted by Gasteiger charge is 2.32. The summed E-state index contributed by atoms with van der Waals surface area (Å²) in [7, 11) is 0. The molecule has 0 aliphatic carbocycles. The summed E-state index contributed by atoms with van der Waals surface area (Å²) >= 11 is 0. The molecule has 0 aromatic heterocycles. The summed E-state index contributed by atoms with van der Waals surface area (Å²) in [6.07, 6.45) is 7.07. The molecule has 1 unspecified atom stereocenters. The van der Waals surface area contributed by atoms with Crippen molar-refractivity contribution in [3.63, 3.8) is 0 Å². The van der Waals surface area contributed by atoms with Crippen molar-refractivity contribution in [1.82, 2.24) is 0 Å². The summed E-state index contributed by atoms with van der Waals surface area (Å²) in [6.45, 7) is 4.45. The Morgan fingerprint density at radius 1 is 0.833 bits per heavy atom. The molecule has 0 spiro atoms. The van der Waals surface area contributed by atoms with E-state index in [0.29, 0.717) is 5.92 Å². The fraction of sp³-hybridized carbons (Fsp3) is 0.478. The van der Waals surface area contributed by atoms with Crippen LogP contribution in [0.25, 0.3) is 0 Å². The third kappa shape index (κ3) is 5.79. The van der Waals surface area contributed by atoms with Crippen LogP contribution in [0, 0.1) is 5.92 Å². The molecule has 2 aromatic carbocycles. The molecular formula is C23H32O. The second-order valence-corrected chi connectivity index (χ2v) is 7.12. The number of rotatable bonds is 10. The van der Waals surface area contributed by atoms with E-state index in [9.17, 15) is 5.11 Å². The summed E-state index contributed by atoms with van der Waals surface area (Å²) in [5.41, 5.74) is 2.05. The summed E-state index contributed by atoms with van der Waals surface area (Å²) in [5, 5.41) is 11.4. The Balaban J connectivity index is 2.02. The fourth-order valence-corrected chi connectivity index (χ4v) is 3.41. The Bertz CT molecular complexity index is 518. The van der Waals surface area contributed by atoms with Gasteiger partial charge in [0.1, 0.15) is 0 Å². The van der Waals surface area contributed by atoms with Gasteiger partial charge in [-0.25, -0.2) is 0 Å². The molecule has 1 heteroatoms. The lowest BCUT2D eigenvalue weighted by molar-refractivity contribution is -0.0304. The minimum absolute atomic E-state index is 0.338. The lowest BCUT2D eigenvalue weighted by Gasteiger charge is -2.35. The topological polar surface area (TPSA) is 20.2 Å². The second kappa shape index (κ2) is 9.64. The molecule has 0 radical (unpaired) electrons. The van der Waals surface area contributed by atoms with Crippen molar-refractivity contribution in [3.8, 4) is 0 Å². The molecule has 0 fully saturated rings. The van der Waals surface area contributed by atoms with Crippen LogP contribution in [0.4, 0.5) is 0 Å². The highest BCUT2D eigenvalue weighted by molar-refractivity contribution is 5.17. The molecule has 2 aromatic rings. The maximum atomic E-state index is 11.4. The van der Waals surface area contributed by atoms with E-state index >= 15 is 0 Å². The zero-order valence-electron chi connectivity index (χ0n) is 15.2. The smallest absolute Gasteiger partial charge is 0.0679 e. The molecular weight excluding hydrogens is 292 g/mol. The molecule has 0 saturated heterocycles. The number of unbranched alkanes of at least 4 members (excludes halogenated alkanes) is 1. The molecule has 0 bridgehead atoms. The van der Waals surface area contributed by atoms with Gasteiger partial charge in [-0.3, -0.25) is 0 Å². The van der Waals surface area contributed by atoms with Crippen molar-refractivity contribution in [1.29, 1.82) is 0 Å². The SMILES string of the molecule is CCCCC(C)C(O)(CCc1ccccc1)CCc1ccccc1. The van der Waals surface area contributed by atoms with Crippen LogP contribution in [-0.4, -0.2) is 10.7 Å². The zero-order chi connectivity index (χ0) is 17.3. The molecule has 0 amide bonds. The van der Waals surface area contributed by atoms with Gasteiger partial charge in [-0.1, -0.05) is 87.4 Å². The number of aryl methyl sites for hydroxylation is 2. The Morgan fingerprint density at radius 2 is 1.29 bits per heavy atom. The molecule has 1 nitrogen and oxygen atoms in total. The lowest BCUT2D eigenvalue weighted by Crippen LogP contribution is -2.37. The summed E-state index contributed by atoms with van der Waals surface area (Å²) < 4.78 is 0. The summed E-state index contributed by atoms with van der Waals surface area (Å²) in [5.74, 6) is 0.338. The van der Waals surface area contributed by atoms with Crippen LogP contribution >= 0.6 is 0 Å². The Kier molecular flexibility index (Phi) is 7.52. The predicted molar refractivity (Wildman–Crippen MR) is 103 cm³/mol. The van der Waals surface area contributed by atoms with Crippen molar-refractivity contribution >= 4 is 0 Å². The first kappa shape index (κ1) is 18.7. The minimum atomic E-state index is -0.582. The van der Waals surface area contributed by atoms with E-state index in [1.54, 1.807) is 0 Å². The van der Waals surface area contributed by atoms with Crippen LogP contribution in [0.3, 0.4) is 0 Å². The first-order chi connectivity index (χ1) is 11.6. The van der Waals surface area contributed by atoms with Gasteiger partial charge < -0.3 is 5.11 Å². The molecule has 0 aliphatic rings. The van der Waals surface area contributed by atoms with Crippen LogP contribution in [0.15, 0.2) is 60.7 Å². The van der Waals surface area contributed by atoms with E-state index in [1.165, 1.54) is 24.0 Å². The van der Waals surface area contributed by atoms with Gasteiger partial charge in [-0.2, -0.15) is 0 Å². The van der Waals surface area contributed by atoms with E-state index in [-0.39, 0.29) is 0 Å². The van der Waals surface area contributed by atoms with Crippen LogP contribution in [0.5, 0.6) is 0 Å². The molecule has 24 heavy (non-hydrogen) atoms. The Morgan fingerprint density at radius 3 is 1.71 bits per heavy atom. The van der Waals surface area contributed by atoms with E-state index in [0.717, 1.165) is 32.1 Å². The van der Waals surface area contributed by atoms with Crippen LogP contribution in [-0.2, 0) is 12.8 Å². The maximum absolute atomic E-state index is 11.4. The fourth-order valence-electron chi connectivity index (χ4n) is 3.41. The van der Waals surface area contributed by atoms with E-state index < -0.39 is 5.60 Å². The van der Waals surface area contributed by atoms with Gasteiger partial charge in [0.2, 0.25) is 0 Å². The highest BCUT2D eigenvalue weighted by atomic mass is 16.3. The van der Waals surface area contributed by atoms with Gasteiger partial charge in [-0.05, 0) is 49.1 Å². The third-order valence-electron chi connectivity index (χ3n) is 5.29. The van der Waals surface area contributed by atoms with Gasteiger partial charge >= 0.3 is 0 Å². The molecule has 1 atom stereocenters. The zero-order valence-corrected chi connectivity index (χ0v) is 15.2. The van der Waals surface area contributed by atoms with Crippen molar-refractivity contribution < 1.29 is 5.11 Å². The normalized spacial score (nSPS) is 13.0. The molecule has 0 heterocycles. The largest absolute Gasteiger partial charge is 0.390 e. The lowest BCUT2D eigenvalue weighted by atomic mass is 9.77. The Labute approximate surface area is 147 Å². The van der Waals surface area contributed by atoms with E-state index in [4.69, 9.17) is 0 Å². The van der Waals surface area contributed by atoms with Crippen molar-refractivity contribution in [2.24, 2.45) is 5.92 Å². The van der Waals surface area contributed by atoms with Crippen molar-refractivity contribution in [3.05, 3.63) is 71.8 Å². The number of hydrogen-bond acceptors (Lipinski definition) is 1.